The average Bonchev–Trinajstić information content (AvgIpc) is 3.06. The highest BCUT2D eigenvalue weighted by Gasteiger charge is 2.22. The van der Waals surface area contributed by atoms with Crippen molar-refractivity contribution in [2.24, 2.45) is 0 Å². The van der Waals surface area contributed by atoms with E-state index in [-0.39, 0.29) is 19.4 Å². The lowest BCUT2D eigenvalue weighted by atomic mass is 10.0. The summed E-state index contributed by atoms with van der Waals surface area (Å²) in [7, 11) is -4.78. The van der Waals surface area contributed by atoms with Gasteiger partial charge in [0.25, 0.3) is 0 Å². The number of unbranched alkanes of at least 4 members (excludes halogenated alkanes) is 16. The molecule has 0 aliphatic heterocycles. The molecule has 9 nitrogen and oxygen atoms in total. The van der Waals surface area contributed by atoms with Gasteiger partial charge in [-0.15, -0.1) is 0 Å². The van der Waals surface area contributed by atoms with E-state index >= 15 is 0 Å². The summed E-state index contributed by atoms with van der Waals surface area (Å²) in [6.07, 6.45) is 37.2. The second-order valence-electron chi connectivity index (χ2n) is 12.8. The number of aliphatic hydroxyl groups excluding tert-OH is 1. The molecule has 0 spiro atoms. The normalized spacial score (nSPS) is 13.7. The largest absolute Gasteiger partial charge is 0.469 e. The Morgan fingerprint density at radius 1 is 0.633 bits per heavy atom. The third-order valence-corrected chi connectivity index (χ3v) is 8.42. The van der Waals surface area contributed by atoms with Crippen LogP contribution in [-0.2, 0) is 28.2 Å². The lowest BCUT2D eigenvalue weighted by Crippen LogP contribution is -2.29. The molecule has 0 radical (unpaired) electrons. The minimum absolute atomic E-state index is 0.104. The van der Waals surface area contributed by atoms with E-state index in [4.69, 9.17) is 19.3 Å². The third kappa shape index (κ3) is 37.1. The first kappa shape index (κ1) is 47.0. The van der Waals surface area contributed by atoms with E-state index < -0.39 is 38.6 Å². The zero-order valence-corrected chi connectivity index (χ0v) is 31.6. The molecule has 0 aliphatic carbocycles. The number of esters is 2. The number of rotatable bonds is 34. The molecule has 0 amide bonds. The highest BCUT2D eigenvalue weighted by Crippen LogP contribution is 2.36. The van der Waals surface area contributed by atoms with Crippen molar-refractivity contribution in [2.75, 3.05) is 13.2 Å². The number of hydrogen-bond donors (Lipinski definition) is 3. The fourth-order valence-electron chi connectivity index (χ4n) is 5.04. The van der Waals surface area contributed by atoms with E-state index in [1.807, 2.05) is 36.5 Å². The predicted octanol–water partition coefficient (Wildman–Crippen LogP) is 10.1. The first-order valence-electron chi connectivity index (χ1n) is 19.0. The summed E-state index contributed by atoms with van der Waals surface area (Å²) >= 11 is 0. The minimum atomic E-state index is -4.78. The van der Waals surface area contributed by atoms with Crippen LogP contribution >= 0.6 is 7.82 Å². The van der Waals surface area contributed by atoms with Crippen LogP contribution in [0, 0.1) is 0 Å². The van der Waals surface area contributed by atoms with Gasteiger partial charge in [0, 0.05) is 12.8 Å². The first-order valence-corrected chi connectivity index (χ1v) is 20.6. The Labute approximate surface area is 297 Å². The summed E-state index contributed by atoms with van der Waals surface area (Å²) in [5.41, 5.74) is 0. The van der Waals surface area contributed by atoms with Gasteiger partial charge < -0.3 is 24.4 Å². The Kier molecular flexibility index (Phi) is 33.0. The lowest BCUT2D eigenvalue weighted by molar-refractivity contribution is -0.161. The Morgan fingerprint density at radius 2 is 1.18 bits per heavy atom. The molecule has 284 valence electrons. The number of aliphatic hydroxyl groups is 1. The summed E-state index contributed by atoms with van der Waals surface area (Å²) in [5, 5.41) is 9.98. The van der Waals surface area contributed by atoms with Crippen LogP contribution in [0.4, 0.5) is 0 Å². The van der Waals surface area contributed by atoms with Crippen molar-refractivity contribution in [3.8, 4) is 0 Å². The molecule has 0 heterocycles. The maximum Gasteiger partial charge on any atom is 0.469 e. The topological polar surface area (TPSA) is 140 Å². The molecule has 0 aromatic rings. The number of carbonyl (C=O) groups excluding carboxylic acids is 2. The molecule has 0 rings (SSSR count). The van der Waals surface area contributed by atoms with Crippen LogP contribution in [0.2, 0.25) is 0 Å². The van der Waals surface area contributed by atoms with Crippen LogP contribution in [0.25, 0.3) is 0 Å². The van der Waals surface area contributed by atoms with Crippen molar-refractivity contribution in [2.45, 2.75) is 174 Å². The molecule has 0 bridgehead atoms. The van der Waals surface area contributed by atoms with E-state index in [1.165, 1.54) is 77.0 Å². The molecular formula is C39H69O9P. The predicted molar refractivity (Wildman–Crippen MR) is 199 cm³/mol. The van der Waals surface area contributed by atoms with E-state index in [1.54, 1.807) is 6.08 Å². The van der Waals surface area contributed by atoms with Gasteiger partial charge >= 0.3 is 19.8 Å². The molecule has 10 heteroatoms. The molecule has 0 saturated heterocycles. The van der Waals surface area contributed by atoms with Crippen LogP contribution in [0.1, 0.15) is 162 Å². The van der Waals surface area contributed by atoms with E-state index in [9.17, 15) is 19.3 Å². The van der Waals surface area contributed by atoms with Crippen molar-refractivity contribution in [3.63, 3.8) is 0 Å². The molecule has 0 fully saturated rings. The van der Waals surface area contributed by atoms with Crippen LogP contribution < -0.4 is 0 Å². The molecule has 0 aromatic carbocycles. The zero-order valence-electron chi connectivity index (χ0n) is 30.7. The number of hydrogen-bond acceptors (Lipinski definition) is 7. The second kappa shape index (κ2) is 34.4. The smallest absolute Gasteiger partial charge is 0.462 e. The number of allylic oxidation sites excluding steroid dienone is 6. The maximum absolute atomic E-state index is 12.3. The standard InChI is InChI=1S/C39H69O9P/c1-3-5-7-9-11-12-13-14-15-16-20-24-28-32-38(41)46-34-37(35-47-49(43,44)45)48-39(42)33-29-25-21-18-17-19-23-27-31-36(40)30-26-22-10-8-6-4-2/h18-19,21-23,26-27,31,36-37,40H,3-17,20,24-25,28-30,32-35H2,1-2H3,(H2,43,44,45)/b21-18-,23-19-,26-22-,31-27+/t36-,37+/m0/s1. The molecule has 2 atom stereocenters. The van der Waals surface area contributed by atoms with Crippen LogP contribution in [0.3, 0.4) is 0 Å². The van der Waals surface area contributed by atoms with Gasteiger partial charge in [-0.1, -0.05) is 152 Å². The first-order chi connectivity index (χ1) is 23.7. The van der Waals surface area contributed by atoms with Crippen molar-refractivity contribution >= 4 is 19.8 Å². The van der Waals surface area contributed by atoms with Gasteiger partial charge in [-0.3, -0.25) is 14.1 Å². The highest BCUT2D eigenvalue weighted by molar-refractivity contribution is 7.46. The van der Waals surface area contributed by atoms with Gasteiger partial charge in [0.15, 0.2) is 6.10 Å². The lowest BCUT2D eigenvalue weighted by Gasteiger charge is -2.18. The molecule has 0 unspecified atom stereocenters. The van der Waals surface area contributed by atoms with Crippen LogP contribution in [0.15, 0.2) is 48.6 Å². The second-order valence-corrected chi connectivity index (χ2v) is 14.0. The van der Waals surface area contributed by atoms with E-state index in [0.29, 0.717) is 32.1 Å². The van der Waals surface area contributed by atoms with Gasteiger partial charge in [0.05, 0.1) is 12.7 Å². The number of phosphoric acid groups is 1. The molecular weight excluding hydrogens is 643 g/mol. The number of phosphoric ester groups is 1. The van der Waals surface area contributed by atoms with Crippen molar-refractivity contribution < 1.29 is 43.0 Å². The van der Waals surface area contributed by atoms with Gasteiger partial charge in [-0.25, -0.2) is 4.57 Å². The molecule has 0 saturated carbocycles. The van der Waals surface area contributed by atoms with Gasteiger partial charge in [-0.05, 0) is 44.9 Å². The summed E-state index contributed by atoms with van der Waals surface area (Å²) in [5.74, 6) is -0.990. The highest BCUT2D eigenvalue weighted by atomic mass is 31.2. The van der Waals surface area contributed by atoms with Crippen LogP contribution in [-0.4, -0.2) is 52.3 Å². The molecule has 0 aliphatic rings. The number of ether oxygens (including phenoxy) is 2. The Hall–Kier alpha value is -2.03. The van der Waals surface area contributed by atoms with E-state index in [0.717, 1.165) is 25.7 Å². The fourth-order valence-corrected chi connectivity index (χ4v) is 5.40. The quantitative estimate of drug-likeness (QED) is 0.0195. The molecule has 49 heavy (non-hydrogen) atoms. The zero-order chi connectivity index (χ0) is 36.3. The third-order valence-electron chi connectivity index (χ3n) is 7.93. The summed E-state index contributed by atoms with van der Waals surface area (Å²) in [4.78, 5) is 42.7. The summed E-state index contributed by atoms with van der Waals surface area (Å²) in [6, 6.07) is 0. The van der Waals surface area contributed by atoms with Gasteiger partial charge in [0.2, 0.25) is 0 Å². The van der Waals surface area contributed by atoms with Crippen molar-refractivity contribution in [3.05, 3.63) is 48.6 Å². The Morgan fingerprint density at radius 3 is 1.82 bits per heavy atom. The Bertz CT molecular complexity index is 954. The molecule has 0 aromatic heterocycles. The molecule has 3 N–H and O–H groups in total. The maximum atomic E-state index is 12.3. The van der Waals surface area contributed by atoms with Gasteiger partial charge in [0.1, 0.15) is 6.61 Å². The average molecular weight is 713 g/mol. The van der Waals surface area contributed by atoms with E-state index in [2.05, 4.69) is 24.4 Å². The van der Waals surface area contributed by atoms with Crippen LogP contribution in [0.5, 0.6) is 0 Å². The van der Waals surface area contributed by atoms with Gasteiger partial charge in [-0.2, -0.15) is 0 Å². The summed E-state index contributed by atoms with van der Waals surface area (Å²) in [6.45, 7) is 3.52. The fraction of sp³-hybridized carbons (Fsp3) is 0.744. The monoisotopic (exact) mass is 712 g/mol. The van der Waals surface area contributed by atoms with Crippen molar-refractivity contribution in [1.82, 2.24) is 0 Å². The van der Waals surface area contributed by atoms with Crippen molar-refractivity contribution in [1.29, 1.82) is 0 Å². The Balaban J connectivity index is 4.15. The minimum Gasteiger partial charge on any atom is -0.462 e. The SMILES string of the molecule is CCCCC/C=C\C[C@H](O)/C=C/C=C\C/C=C\CCCC(=O)O[C@H](COC(=O)CCCCCCCCCCCCCCC)COP(=O)(O)O. The number of carbonyl (C=O) groups is 2. The summed E-state index contributed by atoms with van der Waals surface area (Å²) < 4.78 is 26.2.